The van der Waals surface area contributed by atoms with Crippen molar-refractivity contribution >= 4 is 27.7 Å². The first-order valence-corrected chi connectivity index (χ1v) is 6.63. The number of pyridine rings is 1. The number of aliphatic hydroxyl groups excluding tert-OH is 1. The van der Waals surface area contributed by atoms with Crippen LogP contribution >= 0.6 is 15.9 Å². The van der Waals surface area contributed by atoms with E-state index in [0.717, 1.165) is 25.7 Å². The smallest absolute Gasteiger partial charge is 0.339 e. The Balaban J connectivity index is 2.30. The second kappa shape index (κ2) is 5.24. The number of carboxylic acids is 1. The van der Waals surface area contributed by atoms with E-state index in [4.69, 9.17) is 5.11 Å². The highest BCUT2D eigenvalue weighted by molar-refractivity contribution is 9.10. The van der Waals surface area contributed by atoms with Crippen LogP contribution in [0.5, 0.6) is 0 Å². The molecule has 6 heteroatoms. The highest BCUT2D eigenvalue weighted by atomic mass is 79.9. The summed E-state index contributed by atoms with van der Waals surface area (Å²) >= 11 is 3.20. The first kappa shape index (κ1) is 13.3. The van der Waals surface area contributed by atoms with Crippen LogP contribution in [-0.4, -0.2) is 33.3 Å². The molecule has 1 fully saturated rings. The molecule has 5 nitrogen and oxygen atoms in total. The van der Waals surface area contributed by atoms with Gasteiger partial charge >= 0.3 is 5.97 Å². The van der Waals surface area contributed by atoms with E-state index in [1.807, 2.05) is 0 Å². The number of aromatic nitrogens is 1. The lowest BCUT2D eigenvalue weighted by molar-refractivity contribution is 0.0697. The van der Waals surface area contributed by atoms with Gasteiger partial charge in [0.1, 0.15) is 11.4 Å². The van der Waals surface area contributed by atoms with Crippen molar-refractivity contribution in [2.24, 2.45) is 0 Å². The largest absolute Gasteiger partial charge is 0.478 e. The molecule has 2 rings (SSSR count). The fraction of sp³-hybridized carbons (Fsp3) is 0.500. The van der Waals surface area contributed by atoms with Crippen molar-refractivity contribution in [1.29, 1.82) is 0 Å². The molecule has 0 aromatic carbocycles. The maximum absolute atomic E-state index is 11.2. The zero-order valence-corrected chi connectivity index (χ0v) is 11.4. The molecule has 1 saturated carbocycles. The van der Waals surface area contributed by atoms with Crippen molar-refractivity contribution in [3.63, 3.8) is 0 Å². The lowest BCUT2D eigenvalue weighted by atomic mass is 9.98. The zero-order chi connectivity index (χ0) is 13.2. The number of hydrogen-bond acceptors (Lipinski definition) is 4. The summed E-state index contributed by atoms with van der Waals surface area (Å²) < 4.78 is 0.620. The highest BCUT2D eigenvalue weighted by Crippen LogP contribution is 2.33. The second-order valence-electron chi connectivity index (χ2n) is 4.63. The molecule has 3 N–H and O–H groups in total. The van der Waals surface area contributed by atoms with Crippen molar-refractivity contribution in [1.82, 2.24) is 4.98 Å². The number of carbonyl (C=O) groups is 1. The summed E-state index contributed by atoms with van der Waals surface area (Å²) in [7, 11) is 0. The SMILES string of the molecule is O=C(O)c1cc(Br)cnc1NC1(CO)CCCC1. The quantitative estimate of drug-likeness (QED) is 0.794. The summed E-state index contributed by atoms with van der Waals surface area (Å²) in [4.78, 5) is 15.3. The van der Waals surface area contributed by atoms with Crippen molar-refractivity contribution in [2.75, 3.05) is 11.9 Å². The van der Waals surface area contributed by atoms with Crippen LogP contribution in [0.4, 0.5) is 5.82 Å². The van der Waals surface area contributed by atoms with Crippen LogP contribution in [0.2, 0.25) is 0 Å². The average Bonchev–Trinajstić information content (AvgIpc) is 2.80. The van der Waals surface area contributed by atoms with Crippen LogP contribution < -0.4 is 5.32 Å². The Morgan fingerprint density at radius 3 is 2.72 bits per heavy atom. The maximum atomic E-state index is 11.2. The Morgan fingerprint density at radius 1 is 1.50 bits per heavy atom. The standard InChI is InChI=1S/C12H15BrN2O3/c13-8-5-9(11(17)18)10(14-6-8)15-12(7-16)3-1-2-4-12/h5-6,16H,1-4,7H2,(H,14,15)(H,17,18). The van der Waals surface area contributed by atoms with Crippen molar-refractivity contribution < 1.29 is 15.0 Å². The minimum atomic E-state index is -1.03. The van der Waals surface area contributed by atoms with Crippen LogP contribution in [0.15, 0.2) is 16.7 Å². The number of hydrogen-bond donors (Lipinski definition) is 3. The number of carboxylic acid groups (broad SMARTS) is 1. The summed E-state index contributed by atoms with van der Waals surface area (Å²) in [5, 5.41) is 21.8. The zero-order valence-electron chi connectivity index (χ0n) is 9.82. The fourth-order valence-corrected chi connectivity index (χ4v) is 2.66. The van der Waals surface area contributed by atoms with E-state index in [0.29, 0.717) is 10.3 Å². The molecule has 0 atom stereocenters. The number of rotatable bonds is 4. The van der Waals surface area contributed by atoms with E-state index < -0.39 is 11.5 Å². The van der Waals surface area contributed by atoms with Gasteiger partial charge in [-0.25, -0.2) is 9.78 Å². The van der Waals surface area contributed by atoms with Crippen LogP contribution in [0.25, 0.3) is 0 Å². The topological polar surface area (TPSA) is 82.5 Å². The summed E-state index contributed by atoms with van der Waals surface area (Å²) in [6, 6.07) is 1.51. The van der Waals surface area contributed by atoms with Gasteiger partial charge in [0, 0.05) is 10.7 Å². The molecule has 1 aliphatic rings. The predicted molar refractivity (Wildman–Crippen MR) is 70.8 cm³/mol. The molecule has 98 valence electrons. The van der Waals surface area contributed by atoms with Gasteiger partial charge < -0.3 is 15.5 Å². The number of halogens is 1. The van der Waals surface area contributed by atoms with E-state index in [1.54, 1.807) is 6.20 Å². The lowest BCUT2D eigenvalue weighted by Crippen LogP contribution is -2.39. The van der Waals surface area contributed by atoms with Crippen LogP contribution in [-0.2, 0) is 0 Å². The second-order valence-corrected chi connectivity index (χ2v) is 5.54. The van der Waals surface area contributed by atoms with Gasteiger partial charge in [-0.05, 0) is 34.8 Å². The number of anilines is 1. The Bertz CT molecular complexity index is 459. The molecule has 1 aliphatic carbocycles. The molecule has 1 aromatic rings. The molecule has 0 saturated heterocycles. The molecule has 1 aromatic heterocycles. The molecular formula is C12H15BrN2O3. The van der Waals surface area contributed by atoms with Gasteiger partial charge in [-0.3, -0.25) is 0 Å². The normalized spacial score (nSPS) is 17.7. The minimum absolute atomic E-state index is 0.0101. The molecule has 18 heavy (non-hydrogen) atoms. The van der Waals surface area contributed by atoms with Gasteiger partial charge in [0.15, 0.2) is 0 Å². The van der Waals surface area contributed by atoms with Gasteiger partial charge in [0.25, 0.3) is 0 Å². The molecular weight excluding hydrogens is 300 g/mol. The van der Waals surface area contributed by atoms with Gasteiger partial charge in [0.05, 0.1) is 12.1 Å². The Hall–Kier alpha value is -1.14. The Morgan fingerprint density at radius 2 is 2.17 bits per heavy atom. The van der Waals surface area contributed by atoms with E-state index in [-0.39, 0.29) is 12.2 Å². The summed E-state index contributed by atoms with van der Waals surface area (Å²) in [6.45, 7) is -0.0101. The average molecular weight is 315 g/mol. The van der Waals surface area contributed by atoms with E-state index >= 15 is 0 Å². The third-order valence-electron chi connectivity index (χ3n) is 3.33. The van der Waals surface area contributed by atoms with Crippen molar-refractivity contribution in [2.45, 2.75) is 31.2 Å². The number of nitrogens with one attached hydrogen (secondary N) is 1. The number of nitrogens with zero attached hydrogens (tertiary/aromatic N) is 1. The summed E-state index contributed by atoms with van der Waals surface area (Å²) in [5.74, 6) is -0.709. The predicted octanol–water partition coefficient (Wildman–Crippen LogP) is 2.26. The van der Waals surface area contributed by atoms with Crippen molar-refractivity contribution in [3.8, 4) is 0 Å². The first-order chi connectivity index (χ1) is 8.56. The Labute approximate surface area is 113 Å². The monoisotopic (exact) mass is 314 g/mol. The fourth-order valence-electron chi connectivity index (χ4n) is 2.33. The van der Waals surface area contributed by atoms with Crippen molar-refractivity contribution in [3.05, 3.63) is 22.3 Å². The highest BCUT2D eigenvalue weighted by Gasteiger charge is 2.34. The van der Waals surface area contributed by atoms with Crippen LogP contribution in [0.3, 0.4) is 0 Å². The van der Waals surface area contributed by atoms with E-state index in [2.05, 4.69) is 26.2 Å². The van der Waals surface area contributed by atoms with Gasteiger partial charge in [-0.2, -0.15) is 0 Å². The lowest BCUT2D eigenvalue weighted by Gasteiger charge is -2.29. The molecule has 0 unspecified atom stereocenters. The van der Waals surface area contributed by atoms with E-state index in [1.165, 1.54) is 6.07 Å². The molecule has 0 amide bonds. The molecule has 0 spiro atoms. The number of aliphatic hydroxyl groups is 1. The molecule has 1 heterocycles. The maximum Gasteiger partial charge on any atom is 0.339 e. The van der Waals surface area contributed by atoms with Gasteiger partial charge in [-0.15, -0.1) is 0 Å². The summed E-state index contributed by atoms with van der Waals surface area (Å²) in [5.41, 5.74) is -0.311. The molecule has 0 radical (unpaired) electrons. The van der Waals surface area contributed by atoms with Gasteiger partial charge in [-0.1, -0.05) is 12.8 Å². The molecule has 0 aliphatic heterocycles. The van der Waals surface area contributed by atoms with Gasteiger partial charge in [0.2, 0.25) is 0 Å². The summed E-state index contributed by atoms with van der Waals surface area (Å²) in [6.07, 6.45) is 5.29. The minimum Gasteiger partial charge on any atom is -0.478 e. The van der Waals surface area contributed by atoms with Crippen LogP contribution in [0.1, 0.15) is 36.0 Å². The Kier molecular flexibility index (Phi) is 3.87. The third-order valence-corrected chi connectivity index (χ3v) is 3.77. The van der Waals surface area contributed by atoms with E-state index in [9.17, 15) is 9.90 Å². The first-order valence-electron chi connectivity index (χ1n) is 5.84. The van der Waals surface area contributed by atoms with Crippen LogP contribution in [0, 0.1) is 0 Å². The third kappa shape index (κ3) is 2.64. The molecule has 0 bridgehead atoms. The number of aromatic carboxylic acids is 1.